The van der Waals surface area contributed by atoms with Crippen molar-refractivity contribution in [2.45, 2.75) is 346 Å². The molecule has 0 bridgehead atoms. The maximum Gasteiger partial charge on any atom is 1.00 e. The van der Waals surface area contributed by atoms with E-state index in [4.69, 9.17) is 134 Å². The summed E-state index contributed by atoms with van der Waals surface area (Å²) in [5, 5.41) is 52.8. The summed E-state index contributed by atoms with van der Waals surface area (Å²) >= 11 is 7.18. The number of aliphatic hydroxyl groups is 1. The molecule has 7 atom stereocenters. The van der Waals surface area contributed by atoms with Crippen LogP contribution in [0.4, 0.5) is 24.0 Å². The molecule has 0 aromatic heterocycles. The van der Waals surface area contributed by atoms with Crippen LogP contribution in [0.15, 0.2) is 0 Å². The minimum atomic E-state index is -1.06. The van der Waals surface area contributed by atoms with Crippen molar-refractivity contribution >= 4 is 137 Å². The number of esters is 4. The van der Waals surface area contributed by atoms with Crippen molar-refractivity contribution in [3.8, 4) is 0 Å². The number of carboxylic acid groups (broad SMARTS) is 3. The summed E-state index contributed by atoms with van der Waals surface area (Å²) in [6.07, 6.45) is -0.141. The van der Waals surface area contributed by atoms with Gasteiger partial charge in [-0.3, -0.25) is 9.59 Å². The van der Waals surface area contributed by atoms with Crippen LogP contribution < -0.4 is 72.6 Å². The number of nitrogens with one attached hydrogen (secondary N) is 6. The summed E-state index contributed by atoms with van der Waals surface area (Å²) in [7, 11) is 0. The largest absolute Gasteiger partial charge is 1.00 e. The average Bonchev–Trinajstić information content (AvgIpc) is 0.898. The molecule has 0 spiro atoms. The number of carbonyl (C=O) groups is 12. The van der Waals surface area contributed by atoms with Crippen LogP contribution in [0.1, 0.15) is 254 Å². The quantitative estimate of drug-likeness (QED) is 0.0116. The predicted octanol–water partition coefficient (Wildman–Crippen LogP) is 4.62. The Labute approximate surface area is 742 Å². The third kappa shape index (κ3) is 133. The molecule has 696 valence electrons. The second-order valence-corrected chi connectivity index (χ2v) is 32.8. The Morgan fingerprint density at radius 2 is 0.533 bits per heavy atom. The topological polar surface area (TPSA) is 698 Å². The number of halogens is 2. The van der Waals surface area contributed by atoms with E-state index in [1.807, 2.05) is 5.59 Å². The number of nitrogens with zero attached hydrogens (tertiary/aromatic N) is 1. The van der Waals surface area contributed by atoms with E-state index < -0.39 is 165 Å². The summed E-state index contributed by atoms with van der Waals surface area (Å²) in [4.78, 5) is 218. The Hall–Kier alpha value is -8.68. The molecule has 0 saturated carbocycles. The molecule has 0 saturated heterocycles. The van der Waals surface area contributed by atoms with Gasteiger partial charge in [0.15, 0.2) is 0 Å². The number of rotatable bonds is 20. The van der Waals surface area contributed by atoms with Crippen molar-refractivity contribution in [3.63, 3.8) is 0 Å². The van der Waals surface area contributed by atoms with Crippen LogP contribution in [0.2, 0.25) is 0 Å². The summed E-state index contributed by atoms with van der Waals surface area (Å²) in [6.45, 7) is 55.4. The molecule has 5 amide bonds. The van der Waals surface area contributed by atoms with E-state index in [1.165, 1.54) is 6.92 Å². The first-order valence-corrected chi connectivity index (χ1v) is 37.1. The molecule has 0 aliphatic carbocycles. The number of carboxylic acids is 3. The first-order chi connectivity index (χ1) is 53.3. The van der Waals surface area contributed by atoms with E-state index in [1.54, 1.807) is 215 Å². The van der Waals surface area contributed by atoms with Crippen LogP contribution in [0.3, 0.4) is 0 Å². The number of alkyl carbamates (subject to hydrolysis) is 5. The van der Waals surface area contributed by atoms with Gasteiger partial charge in [0.2, 0.25) is 0 Å². The van der Waals surface area contributed by atoms with Gasteiger partial charge in [-0.25, -0.2) is 52.8 Å². The second kappa shape index (κ2) is 77.6. The predicted molar refractivity (Wildman–Crippen MR) is 425 cm³/mol. The Bertz CT molecular complexity index is 2900. The van der Waals surface area contributed by atoms with Gasteiger partial charge in [0, 0.05) is 17.5 Å². The molecular formula is C72H132ClIN9NaO36. The van der Waals surface area contributed by atoms with Crippen molar-refractivity contribution < 1.29 is 203 Å². The Kier molecular flexibility index (Phi) is 92.5. The van der Waals surface area contributed by atoms with E-state index in [0.29, 0.717) is 25.7 Å². The molecule has 0 aromatic rings. The summed E-state index contributed by atoms with van der Waals surface area (Å²) < 4.78 is 46.7. The molecule has 0 radical (unpaired) electrons. The molecule has 120 heavy (non-hydrogen) atoms. The van der Waals surface area contributed by atoms with Crippen molar-refractivity contribution in [2.24, 2.45) is 11.6 Å². The third-order valence-electron chi connectivity index (χ3n) is 9.49. The van der Waals surface area contributed by atoms with Crippen LogP contribution in [0.25, 0.3) is 5.59 Å². The van der Waals surface area contributed by atoms with Gasteiger partial charge in [-0.1, -0.05) is 43.4 Å². The number of amides is 5. The number of alkyl halides is 1. The minimum Gasteiger partial charge on any atom is -0.488 e. The van der Waals surface area contributed by atoms with Crippen molar-refractivity contribution in [1.82, 2.24) is 31.4 Å². The van der Waals surface area contributed by atoms with Crippen molar-refractivity contribution in [1.29, 1.82) is 0 Å². The molecule has 45 nitrogen and oxygen atoms in total. The van der Waals surface area contributed by atoms with E-state index in [-0.39, 0.29) is 73.3 Å². The van der Waals surface area contributed by atoms with E-state index in [9.17, 15) is 57.5 Å². The average molecular weight is 1890 g/mol. The smallest absolute Gasteiger partial charge is 0.488 e. The number of aliphatic hydroxyl groups excluding tert-OH is 1. The molecule has 0 unspecified atom stereocenters. The van der Waals surface area contributed by atoms with Gasteiger partial charge in [-0.2, -0.15) is 47.9 Å². The van der Waals surface area contributed by atoms with Gasteiger partial charge in [-0.05, 0) is 238 Å². The molecule has 15 N–H and O–H groups in total. The number of nitrogens with two attached hydrogens (primary N) is 2. The summed E-state index contributed by atoms with van der Waals surface area (Å²) in [6, 6.07) is -5.24. The minimum absolute atomic E-state index is 0. The van der Waals surface area contributed by atoms with Crippen LogP contribution in [0, 0.1) is 0 Å². The summed E-state index contributed by atoms with van der Waals surface area (Å²) in [5.41, 5.74) is 1.45. The Morgan fingerprint density at radius 1 is 0.358 bits per heavy atom. The number of hydrogen-bond donors (Lipinski definition) is 13. The van der Waals surface area contributed by atoms with Gasteiger partial charge < -0.3 is 112 Å². The van der Waals surface area contributed by atoms with Gasteiger partial charge >= 0.3 is 133 Å². The fourth-order valence-corrected chi connectivity index (χ4v) is 6.42. The van der Waals surface area contributed by atoms with Crippen LogP contribution in [-0.2, 0) is 124 Å². The Balaban J connectivity index is -0.0000000892. The standard InChI is InChI=1S/C13H24INO4.C13H25NO5.C13H25NO4.C12H23NO4.C9H17NO4.C4H8ClNO2.C3H7NO2.5CO2.H3N2O.Na/c1-12(2,3)18-10(16)9(7-8-14)15-11(17)19-13(4,5)6;1-12(2,3)18-10(16)9(7-8-15)14-11(17)19-13(4,5)6;1-8-9(10(15)17-12(2,3)4)14-11(16)18-13(5,6)7;1-8(9(14)16-11(2,3)4)13-10(15)17-12(5,6)7;1-5-6(7(11)12)10-8(13)14-9(2,3)4;1-2-3(6-5)4(7)8;1-2(4)3(5)6;5*2-1-3;1-2-3;/h9H,7-8H2,1-6H3,(H,15,17);9,15H,7-8H2,1-6H3,(H,14,17);9H,8H2,1-7H3,(H,14,16);8H,1-7H3,(H,13,15);6H,5H2,1-4H3,(H,10,13)(H,11,12);3,6H,2H2,1H3,(H,7,8);2H,4H2,1H3,(H,5,6);;;;;;3H,1H2;/q;;;;;;;;;;;;-1;+1/t3*9-;8-;6-;3-;2-;;;;;;;/m0000000......./s1. The molecule has 0 aliphatic rings. The molecule has 0 aromatic carbocycles. The zero-order chi connectivity index (χ0) is 98.3. The normalized spacial score (nSPS) is 11.9. The van der Waals surface area contributed by atoms with E-state index in [0.717, 1.165) is 4.43 Å². The first kappa shape index (κ1) is 143. The van der Waals surface area contributed by atoms with Gasteiger partial charge in [-0.15, -0.1) is 0 Å². The fourth-order valence-electron chi connectivity index (χ4n) is 5.55. The fraction of sp³-hybridized carbons (Fsp3) is 0.764. The molecule has 0 heterocycles. The molecule has 48 heteroatoms. The monoisotopic (exact) mass is 1880 g/mol. The molecule has 0 rings (SSSR count). The number of ether oxygens (including phenoxy) is 9. The number of aliphatic carboxylic acids is 3. The maximum absolute atomic E-state index is 12.0. The maximum atomic E-state index is 12.0. The Morgan fingerprint density at radius 3 is 0.692 bits per heavy atom. The summed E-state index contributed by atoms with van der Waals surface area (Å²) in [5.74, 6) is -0.863. The number of hydrogen-bond acceptors (Lipinski definition) is 36. The third-order valence-corrected chi connectivity index (χ3v) is 10.4. The van der Waals surface area contributed by atoms with Crippen molar-refractivity contribution in [2.75, 3.05) is 11.0 Å². The zero-order valence-electron chi connectivity index (χ0n) is 75.2. The van der Waals surface area contributed by atoms with Crippen LogP contribution >= 0.6 is 34.4 Å². The molecule has 0 aliphatic heterocycles. The molecular weight excluding hydrogens is 1750 g/mol. The van der Waals surface area contributed by atoms with Gasteiger partial charge in [0.25, 0.3) is 0 Å². The van der Waals surface area contributed by atoms with Crippen LogP contribution in [-0.4, -0.2) is 232 Å². The van der Waals surface area contributed by atoms with Crippen LogP contribution in [0.5, 0.6) is 0 Å². The molecule has 0 fully saturated rings. The van der Waals surface area contributed by atoms with Gasteiger partial charge in [0.1, 0.15) is 92.7 Å². The SMILES string of the molecule is CC(C)(C)OC(=O)N[C@@H](CCI)C(=O)OC(C)(C)C.CC(C)(C)OC(=O)N[C@@H](CCO)C(=O)OC(C)(C)C.CC[C@H](NC(=O)OC(C)(C)C)C(=O)O.CC[C@H](NC(=O)OC(C)(C)C)C(=O)OC(C)(C)C.CC[C@H](NCl)C(=O)O.C[C@H](N)C(=O)O.C[C@H](NC(=O)OC(C)(C)C)C(=O)OC(C)(C)C.N[N-]O.O=C=O.O=C=O.O=C=O.O=C=O.O=C=O.[Na+]. The van der Waals surface area contributed by atoms with Gasteiger partial charge in [0.05, 0.1) is 0 Å². The van der Waals surface area contributed by atoms with E-state index >= 15 is 0 Å². The van der Waals surface area contributed by atoms with E-state index in [2.05, 4.69) is 59.9 Å². The second-order valence-electron chi connectivity index (χ2n) is 31.5. The first-order valence-electron chi connectivity index (χ1n) is 35.2. The van der Waals surface area contributed by atoms with Crippen molar-refractivity contribution in [3.05, 3.63) is 5.59 Å². The zero-order valence-corrected chi connectivity index (χ0v) is 80.2. The number of carbonyl (C=O) groups excluding carboxylic acids is 19.